The van der Waals surface area contributed by atoms with Gasteiger partial charge in [-0.15, -0.1) is 0 Å². The number of ether oxygens (including phenoxy) is 1. The normalized spacial score (nSPS) is 21.6. The summed E-state index contributed by atoms with van der Waals surface area (Å²) in [5, 5.41) is 2.88. The van der Waals surface area contributed by atoms with Crippen LogP contribution in [-0.2, 0) is 22.7 Å². The average molecular weight is 629 g/mol. The van der Waals surface area contributed by atoms with E-state index in [9.17, 15) is 14.4 Å². The number of anilines is 1. The number of nitrogens with zero attached hydrogens (tertiary/aromatic N) is 5. The molecule has 3 amide bonds. The molecule has 0 saturated carbocycles. The molecule has 0 radical (unpaired) electrons. The maximum absolute atomic E-state index is 13.1. The van der Waals surface area contributed by atoms with Gasteiger partial charge in [-0.2, -0.15) is 0 Å². The zero-order valence-electron chi connectivity index (χ0n) is 25.2. The van der Waals surface area contributed by atoms with Gasteiger partial charge >= 0.3 is 6.01 Å². The van der Waals surface area contributed by atoms with Gasteiger partial charge in [0.15, 0.2) is 0 Å². The van der Waals surface area contributed by atoms with Crippen LogP contribution in [0, 0.1) is 0 Å². The third-order valence-electron chi connectivity index (χ3n) is 9.62. The van der Waals surface area contributed by atoms with Crippen molar-refractivity contribution in [1.82, 2.24) is 25.1 Å². The summed E-state index contributed by atoms with van der Waals surface area (Å²) in [6, 6.07) is 14.9. The van der Waals surface area contributed by atoms with Crippen LogP contribution in [0.25, 0.3) is 0 Å². The summed E-state index contributed by atoms with van der Waals surface area (Å²) in [6.45, 7) is 5.26. The van der Waals surface area contributed by atoms with E-state index in [1.54, 1.807) is 17.3 Å². The Hall–Kier alpha value is -4.02. The van der Waals surface area contributed by atoms with E-state index in [0.29, 0.717) is 35.5 Å². The van der Waals surface area contributed by atoms with Gasteiger partial charge in [-0.05, 0) is 73.2 Å². The lowest BCUT2D eigenvalue weighted by molar-refractivity contribution is -0.136. The van der Waals surface area contributed by atoms with E-state index in [0.717, 1.165) is 64.0 Å². The lowest BCUT2D eigenvalue weighted by Crippen LogP contribution is -2.52. The van der Waals surface area contributed by atoms with E-state index >= 15 is 0 Å². The predicted octanol–water partition coefficient (Wildman–Crippen LogP) is 4.32. The zero-order chi connectivity index (χ0) is 30.9. The summed E-state index contributed by atoms with van der Waals surface area (Å²) in [5.74, 6) is -0.302. The Morgan fingerprint density at radius 2 is 1.62 bits per heavy atom. The second kappa shape index (κ2) is 12.8. The molecule has 4 aliphatic heterocycles. The number of nitrogens with one attached hydrogen (secondary N) is 1. The molecule has 4 aliphatic rings. The SMILES string of the molecule is O=C1CCC(N2Cc3cc(C4CCN(Cc5ccc(N6CCC(Oc7ncc(Cl)cn7)CC6)cc5)CC4)ccc3C2=O)C(=O)N1. The van der Waals surface area contributed by atoms with Crippen molar-refractivity contribution in [2.45, 2.75) is 69.7 Å². The molecule has 45 heavy (non-hydrogen) atoms. The van der Waals surface area contributed by atoms with Gasteiger partial charge in [-0.1, -0.05) is 35.9 Å². The molecule has 1 unspecified atom stereocenters. The molecule has 3 aromatic rings. The van der Waals surface area contributed by atoms with Crippen molar-refractivity contribution in [3.05, 3.63) is 82.1 Å². The highest BCUT2D eigenvalue weighted by atomic mass is 35.5. The Balaban J connectivity index is 0.881. The first kappa shape index (κ1) is 29.7. The van der Waals surface area contributed by atoms with Gasteiger partial charge < -0.3 is 14.5 Å². The summed E-state index contributed by atoms with van der Waals surface area (Å²) in [5.41, 5.74) is 5.49. The Kier molecular flexibility index (Phi) is 8.42. The Morgan fingerprint density at radius 1 is 0.889 bits per heavy atom. The molecule has 234 valence electrons. The molecule has 1 atom stereocenters. The van der Waals surface area contributed by atoms with Crippen LogP contribution >= 0.6 is 11.6 Å². The molecule has 3 fully saturated rings. The van der Waals surface area contributed by atoms with E-state index in [-0.39, 0.29) is 30.2 Å². The van der Waals surface area contributed by atoms with Crippen molar-refractivity contribution < 1.29 is 19.1 Å². The molecular weight excluding hydrogens is 592 g/mol. The topological polar surface area (TPSA) is 108 Å². The zero-order valence-corrected chi connectivity index (χ0v) is 25.9. The van der Waals surface area contributed by atoms with Gasteiger partial charge in [-0.3, -0.25) is 24.6 Å². The number of hydrogen-bond acceptors (Lipinski definition) is 8. The number of carbonyl (C=O) groups is 3. The number of aromatic nitrogens is 2. The molecule has 5 heterocycles. The summed E-state index contributed by atoms with van der Waals surface area (Å²) in [7, 11) is 0. The van der Waals surface area contributed by atoms with Crippen molar-refractivity contribution in [1.29, 1.82) is 0 Å². The van der Waals surface area contributed by atoms with Crippen LogP contribution in [0.3, 0.4) is 0 Å². The molecule has 1 aromatic heterocycles. The van der Waals surface area contributed by atoms with E-state index in [2.05, 4.69) is 61.5 Å². The van der Waals surface area contributed by atoms with Crippen LogP contribution in [0.5, 0.6) is 6.01 Å². The monoisotopic (exact) mass is 628 g/mol. The molecule has 0 bridgehead atoms. The van der Waals surface area contributed by atoms with Gasteiger partial charge in [0.1, 0.15) is 12.1 Å². The van der Waals surface area contributed by atoms with Gasteiger partial charge in [0.2, 0.25) is 11.8 Å². The summed E-state index contributed by atoms with van der Waals surface area (Å²) in [6.07, 6.45) is 7.85. The lowest BCUT2D eigenvalue weighted by atomic mass is 9.87. The summed E-state index contributed by atoms with van der Waals surface area (Å²) < 4.78 is 5.94. The summed E-state index contributed by atoms with van der Waals surface area (Å²) >= 11 is 5.87. The Morgan fingerprint density at radius 3 is 2.33 bits per heavy atom. The van der Waals surface area contributed by atoms with Gasteiger partial charge in [0.05, 0.1) is 17.4 Å². The van der Waals surface area contributed by atoms with Crippen LogP contribution in [0.4, 0.5) is 5.69 Å². The predicted molar refractivity (Wildman–Crippen MR) is 169 cm³/mol. The van der Waals surface area contributed by atoms with E-state index < -0.39 is 6.04 Å². The van der Waals surface area contributed by atoms with Crippen LogP contribution in [0.15, 0.2) is 54.9 Å². The van der Waals surface area contributed by atoms with Gasteiger partial charge in [-0.25, -0.2) is 9.97 Å². The van der Waals surface area contributed by atoms with Gasteiger partial charge in [0, 0.05) is 56.7 Å². The second-order valence-corrected chi connectivity index (χ2v) is 13.0. The molecule has 0 aliphatic carbocycles. The average Bonchev–Trinajstić information content (AvgIpc) is 3.38. The molecule has 11 heteroatoms. The fourth-order valence-corrected chi connectivity index (χ4v) is 7.18. The Labute approximate surface area is 267 Å². The number of halogens is 1. The highest BCUT2D eigenvalue weighted by Gasteiger charge is 2.39. The number of fused-ring (bicyclic) bond motifs is 1. The number of amides is 3. The Bertz CT molecular complexity index is 1570. The fourth-order valence-electron chi connectivity index (χ4n) is 7.09. The maximum Gasteiger partial charge on any atom is 0.316 e. The molecule has 10 nitrogen and oxygen atoms in total. The third-order valence-corrected chi connectivity index (χ3v) is 9.82. The van der Waals surface area contributed by atoms with Crippen LogP contribution < -0.4 is 15.0 Å². The van der Waals surface area contributed by atoms with E-state index in [4.69, 9.17) is 16.3 Å². The first-order chi connectivity index (χ1) is 21.9. The van der Waals surface area contributed by atoms with Crippen LogP contribution in [0.2, 0.25) is 5.02 Å². The van der Waals surface area contributed by atoms with Gasteiger partial charge in [0.25, 0.3) is 5.91 Å². The van der Waals surface area contributed by atoms with Crippen molar-refractivity contribution in [2.24, 2.45) is 0 Å². The molecule has 1 N–H and O–H groups in total. The number of carbonyl (C=O) groups excluding carboxylic acids is 3. The van der Waals surface area contributed by atoms with E-state index in [1.165, 1.54) is 16.8 Å². The molecule has 2 aromatic carbocycles. The second-order valence-electron chi connectivity index (χ2n) is 12.5. The number of imide groups is 1. The summed E-state index contributed by atoms with van der Waals surface area (Å²) in [4.78, 5) is 51.9. The van der Waals surface area contributed by atoms with Crippen molar-refractivity contribution >= 4 is 35.0 Å². The smallest absolute Gasteiger partial charge is 0.316 e. The molecule has 3 saturated heterocycles. The standard InChI is InChI=1S/C34H37ClN6O4/c35-26-18-36-34(37-19-26)45-28-11-15-40(16-12-28)27-4-1-22(2-5-27)20-39-13-9-23(10-14-39)24-3-6-29-25(17-24)21-41(33(29)44)30-7-8-31(42)38-32(30)43/h1-6,17-19,23,28,30H,7-16,20-21H2,(H,38,42,43). The minimum Gasteiger partial charge on any atom is -0.460 e. The number of piperidine rings is 3. The molecule has 7 rings (SSSR count). The number of hydrogen-bond donors (Lipinski definition) is 1. The highest BCUT2D eigenvalue weighted by Crippen LogP contribution is 2.34. The quantitative estimate of drug-likeness (QED) is 0.386. The highest BCUT2D eigenvalue weighted by molar-refractivity contribution is 6.30. The number of likely N-dealkylation sites (tertiary alicyclic amines) is 1. The minimum atomic E-state index is -0.577. The first-order valence-electron chi connectivity index (χ1n) is 15.9. The maximum atomic E-state index is 13.1. The van der Waals surface area contributed by atoms with Crippen molar-refractivity contribution in [2.75, 3.05) is 31.1 Å². The fraction of sp³-hybridized carbons (Fsp3) is 0.441. The van der Waals surface area contributed by atoms with Crippen LogP contribution in [-0.4, -0.2) is 75.8 Å². The van der Waals surface area contributed by atoms with Crippen LogP contribution in [0.1, 0.15) is 71.5 Å². The first-order valence-corrected chi connectivity index (χ1v) is 16.3. The third kappa shape index (κ3) is 6.53. The van der Waals surface area contributed by atoms with Crippen molar-refractivity contribution in [3.8, 4) is 6.01 Å². The lowest BCUT2D eigenvalue weighted by Gasteiger charge is -2.34. The largest absolute Gasteiger partial charge is 0.460 e. The number of benzene rings is 2. The molecule has 0 spiro atoms. The molecular formula is C34H37ClN6O4. The van der Waals surface area contributed by atoms with Crippen molar-refractivity contribution in [3.63, 3.8) is 0 Å². The minimum absolute atomic E-state index is 0.108. The number of rotatable bonds is 7. The van der Waals surface area contributed by atoms with E-state index in [1.807, 2.05) is 6.07 Å².